The van der Waals surface area contributed by atoms with Crippen molar-refractivity contribution in [1.82, 2.24) is 9.80 Å². The first-order valence-electron chi connectivity index (χ1n) is 9.60. The molecule has 0 radical (unpaired) electrons. The van der Waals surface area contributed by atoms with Crippen LogP contribution in [0.1, 0.15) is 44.5 Å². The number of hydrogen-bond acceptors (Lipinski definition) is 5. The largest absolute Gasteiger partial charge is 0.497 e. The van der Waals surface area contributed by atoms with Gasteiger partial charge in [-0.3, -0.25) is 14.5 Å². The summed E-state index contributed by atoms with van der Waals surface area (Å²) in [6, 6.07) is 6.59. The maximum atomic E-state index is 13.3. The molecule has 0 bridgehead atoms. The Bertz CT molecular complexity index is 781. The predicted molar refractivity (Wildman–Crippen MR) is 110 cm³/mol. The van der Waals surface area contributed by atoms with E-state index in [1.54, 1.807) is 65.1 Å². The first-order valence-corrected chi connectivity index (χ1v) is 9.60. The van der Waals surface area contributed by atoms with Gasteiger partial charge in [-0.15, -0.1) is 6.58 Å². The summed E-state index contributed by atoms with van der Waals surface area (Å²) in [7, 11) is 1.54. The molecule has 0 saturated carbocycles. The van der Waals surface area contributed by atoms with Crippen LogP contribution in [0, 0.1) is 5.41 Å². The van der Waals surface area contributed by atoms with Crippen molar-refractivity contribution in [3.05, 3.63) is 42.5 Å². The standard InChI is InChI=1S/C22H30N2O5/c1-7-12-22(5)15-23(20(27)29-21(2,3)4)13-14-24(19(22)26)18(25)16-8-10-17(28-6)11-9-16/h7-11H,1,12-15H2,2-6H3/t22-/m1/s1. The van der Waals surface area contributed by atoms with Crippen LogP contribution in [0.25, 0.3) is 0 Å². The lowest BCUT2D eigenvalue weighted by Crippen LogP contribution is -2.47. The number of amides is 3. The van der Waals surface area contributed by atoms with Gasteiger partial charge in [-0.1, -0.05) is 6.08 Å². The molecule has 158 valence electrons. The lowest BCUT2D eigenvalue weighted by atomic mass is 9.84. The summed E-state index contributed by atoms with van der Waals surface area (Å²) in [5.41, 5.74) is -1.25. The van der Waals surface area contributed by atoms with Gasteiger partial charge in [-0.05, 0) is 58.4 Å². The molecule has 0 unspecified atom stereocenters. The summed E-state index contributed by atoms with van der Waals surface area (Å²) in [5.74, 6) is -0.111. The van der Waals surface area contributed by atoms with Crippen molar-refractivity contribution in [3.8, 4) is 5.75 Å². The number of ether oxygens (including phenoxy) is 2. The third-order valence-corrected chi connectivity index (χ3v) is 4.72. The molecule has 0 spiro atoms. The lowest BCUT2D eigenvalue weighted by molar-refractivity contribution is -0.137. The molecule has 0 aromatic heterocycles. The number of carbonyl (C=O) groups is 3. The monoisotopic (exact) mass is 402 g/mol. The number of nitrogens with zero attached hydrogens (tertiary/aromatic N) is 2. The van der Waals surface area contributed by atoms with Crippen molar-refractivity contribution in [2.45, 2.75) is 39.7 Å². The van der Waals surface area contributed by atoms with Crippen LogP contribution < -0.4 is 4.74 Å². The molecule has 1 saturated heterocycles. The van der Waals surface area contributed by atoms with Crippen molar-refractivity contribution >= 4 is 17.9 Å². The molecule has 1 fully saturated rings. The topological polar surface area (TPSA) is 76.2 Å². The van der Waals surface area contributed by atoms with Gasteiger partial charge in [0.2, 0.25) is 5.91 Å². The third kappa shape index (κ3) is 5.37. The summed E-state index contributed by atoms with van der Waals surface area (Å²) in [4.78, 5) is 41.7. The quantitative estimate of drug-likeness (QED) is 0.569. The van der Waals surface area contributed by atoms with E-state index in [1.807, 2.05) is 0 Å². The van der Waals surface area contributed by atoms with E-state index in [0.717, 1.165) is 0 Å². The van der Waals surface area contributed by atoms with Gasteiger partial charge >= 0.3 is 6.09 Å². The minimum Gasteiger partial charge on any atom is -0.497 e. The molecule has 1 atom stereocenters. The summed E-state index contributed by atoms with van der Waals surface area (Å²) in [6.45, 7) is 11.3. The van der Waals surface area contributed by atoms with Crippen LogP contribution in [0.2, 0.25) is 0 Å². The van der Waals surface area contributed by atoms with Gasteiger partial charge in [0.25, 0.3) is 5.91 Å². The Hall–Kier alpha value is -2.83. The lowest BCUT2D eigenvalue weighted by Gasteiger charge is -2.32. The number of imide groups is 1. The first kappa shape index (κ1) is 22.5. The van der Waals surface area contributed by atoms with E-state index in [2.05, 4.69) is 6.58 Å². The maximum Gasteiger partial charge on any atom is 0.410 e. The molecule has 1 aromatic carbocycles. The van der Waals surface area contributed by atoms with E-state index in [0.29, 0.717) is 17.7 Å². The number of hydrogen-bond donors (Lipinski definition) is 0. The molecule has 1 aliphatic rings. The van der Waals surface area contributed by atoms with Crippen LogP contribution in [0.15, 0.2) is 36.9 Å². The normalized spacial score (nSPS) is 20.1. The Kier molecular flexibility index (Phi) is 6.72. The fourth-order valence-corrected chi connectivity index (χ4v) is 3.25. The molecular formula is C22H30N2O5. The molecule has 7 nitrogen and oxygen atoms in total. The van der Waals surface area contributed by atoms with Gasteiger partial charge in [0.15, 0.2) is 0 Å². The molecule has 1 aromatic rings. The van der Waals surface area contributed by atoms with Crippen LogP contribution >= 0.6 is 0 Å². The van der Waals surface area contributed by atoms with E-state index in [-0.39, 0.29) is 25.5 Å². The third-order valence-electron chi connectivity index (χ3n) is 4.72. The number of methoxy groups -OCH3 is 1. The molecule has 1 heterocycles. The van der Waals surface area contributed by atoms with Gasteiger partial charge in [0.05, 0.1) is 12.5 Å². The highest BCUT2D eigenvalue weighted by Gasteiger charge is 2.44. The highest BCUT2D eigenvalue weighted by Crippen LogP contribution is 2.30. The van der Waals surface area contributed by atoms with E-state index in [4.69, 9.17) is 9.47 Å². The van der Waals surface area contributed by atoms with Crippen LogP contribution in [0.5, 0.6) is 5.75 Å². The Labute approximate surface area is 172 Å². The molecule has 29 heavy (non-hydrogen) atoms. The maximum absolute atomic E-state index is 13.3. The Morgan fingerprint density at radius 3 is 2.34 bits per heavy atom. The Morgan fingerprint density at radius 1 is 1.21 bits per heavy atom. The summed E-state index contributed by atoms with van der Waals surface area (Å²) < 4.78 is 10.6. The minimum atomic E-state index is -0.975. The number of benzene rings is 1. The van der Waals surface area contributed by atoms with E-state index < -0.39 is 23.0 Å². The van der Waals surface area contributed by atoms with Gasteiger partial charge < -0.3 is 14.4 Å². The van der Waals surface area contributed by atoms with Crippen molar-refractivity contribution in [2.24, 2.45) is 5.41 Å². The summed E-state index contributed by atoms with van der Waals surface area (Å²) in [6.07, 6.45) is 1.46. The fraction of sp³-hybridized carbons (Fsp3) is 0.500. The molecule has 7 heteroatoms. The fourth-order valence-electron chi connectivity index (χ4n) is 3.25. The zero-order chi connectivity index (χ0) is 21.8. The van der Waals surface area contributed by atoms with Crippen molar-refractivity contribution in [3.63, 3.8) is 0 Å². The molecule has 1 aliphatic heterocycles. The van der Waals surface area contributed by atoms with Gasteiger partial charge in [0, 0.05) is 25.2 Å². The van der Waals surface area contributed by atoms with Crippen molar-refractivity contribution in [2.75, 3.05) is 26.7 Å². The SMILES string of the molecule is C=CC[C@]1(C)CN(C(=O)OC(C)(C)C)CCN(C(=O)c2ccc(OC)cc2)C1=O. The van der Waals surface area contributed by atoms with Gasteiger partial charge in [-0.2, -0.15) is 0 Å². The second-order valence-corrected chi connectivity index (χ2v) is 8.45. The molecule has 0 aliphatic carbocycles. The predicted octanol–water partition coefficient (Wildman–Crippen LogP) is 3.50. The number of allylic oxidation sites excluding steroid dienone is 1. The molecular weight excluding hydrogens is 372 g/mol. The summed E-state index contributed by atoms with van der Waals surface area (Å²) in [5, 5.41) is 0. The first-order chi connectivity index (χ1) is 13.5. The molecule has 3 amide bonds. The zero-order valence-electron chi connectivity index (χ0n) is 17.9. The highest BCUT2D eigenvalue weighted by atomic mass is 16.6. The van der Waals surface area contributed by atoms with E-state index in [9.17, 15) is 14.4 Å². The van der Waals surface area contributed by atoms with Crippen molar-refractivity contribution in [1.29, 1.82) is 0 Å². The molecule has 2 rings (SSSR count). The second-order valence-electron chi connectivity index (χ2n) is 8.45. The smallest absolute Gasteiger partial charge is 0.410 e. The molecule has 0 N–H and O–H groups in total. The van der Waals surface area contributed by atoms with Crippen LogP contribution in [0.3, 0.4) is 0 Å². The summed E-state index contributed by atoms with van der Waals surface area (Å²) >= 11 is 0. The minimum absolute atomic E-state index is 0.0929. The van der Waals surface area contributed by atoms with E-state index >= 15 is 0 Å². The van der Waals surface area contributed by atoms with Crippen LogP contribution in [0.4, 0.5) is 4.79 Å². The second kappa shape index (κ2) is 8.68. The Balaban J connectivity index is 2.32. The van der Waals surface area contributed by atoms with Gasteiger partial charge in [0.1, 0.15) is 11.4 Å². The average Bonchev–Trinajstić information content (AvgIpc) is 2.77. The number of rotatable bonds is 4. The van der Waals surface area contributed by atoms with Crippen molar-refractivity contribution < 1.29 is 23.9 Å². The van der Waals surface area contributed by atoms with E-state index in [1.165, 1.54) is 9.80 Å². The average molecular weight is 402 g/mol. The Morgan fingerprint density at radius 2 is 1.83 bits per heavy atom. The number of carbonyl (C=O) groups excluding carboxylic acids is 3. The van der Waals surface area contributed by atoms with Crippen LogP contribution in [-0.4, -0.2) is 60.1 Å². The van der Waals surface area contributed by atoms with Crippen LogP contribution in [-0.2, 0) is 9.53 Å². The van der Waals surface area contributed by atoms with Gasteiger partial charge in [-0.25, -0.2) is 4.79 Å². The zero-order valence-corrected chi connectivity index (χ0v) is 17.9. The highest BCUT2D eigenvalue weighted by molar-refractivity contribution is 6.06.